The molecule has 0 unspecified atom stereocenters. The third-order valence-electron chi connectivity index (χ3n) is 5.27. The Labute approximate surface area is 181 Å². The highest BCUT2D eigenvalue weighted by molar-refractivity contribution is 5.92. The second-order valence-electron chi connectivity index (χ2n) is 8.49. The van der Waals surface area contributed by atoms with Gasteiger partial charge in [0.25, 0.3) is 0 Å². The number of fused-ring (bicyclic) bond motifs is 1. The van der Waals surface area contributed by atoms with Gasteiger partial charge in [-0.2, -0.15) is 0 Å². The Hall–Kier alpha value is -3.60. The van der Waals surface area contributed by atoms with Crippen LogP contribution in [0, 0.1) is 0 Å². The van der Waals surface area contributed by atoms with Crippen LogP contribution in [0.3, 0.4) is 0 Å². The first kappa shape index (κ1) is 20.7. The Morgan fingerprint density at radius 3 is 2.45 bits per heavy atom. The van der Waals surface area contributed by atoms with Crippen LogP contribution in [-0.2, 0) is 11.8 Å². The molecule has 5 nitrogen and oxygen atoms in total. The Kier molecular flexibility index (Phi) is 5.51. The molecule has 0 atom stereocenters. The van der Waals surface area contributed by atoms with Crippen LogP contribution in [0.2, 0.25) is 0 Å². The minimum Gasteiger partial charge on any atom is -0.496 e. The number of esters is 1. The number of methoxy groups -OCH3 is 1. The number of hydrogen-bond acceptors (Lipinski definition) is 5. The van der Waals surface area contributed by atoms with Gasteiger partial charge in [0.2, 0.25) is 0 Å². The number of carbonyl (C=O) groups is 1. The summed E-state index contributed by atoms with van der Waals surface area (Å²) in [5.74, 6) is 0.813. The normalized spacial score (nSPS) is 11.5. The second kappa shape index (κ2) is 8.26. The van der Waals surface area contributed by atoms with E-state index < -0.39 is 5.97 Å². The van der Waals surface area contributed by atoms with E-state index in [1.807, 2.05) is 42.5 Å². The van der Waals surface area contributed by atoms with Crippen LogP contribution >= 0.6 is 0 Å². The molecule has 3 aromatic carbocycles. The zero-order valence-electron chi connectivity index (χ0n) is 18.1. The van der Waals surface area contributed by atoms with E-state index in [4.69, 9.17) is 14.0 Å². The Morgan fingerprint density at radius 2 is 1.74 bits per heavy atom. The van der Waals surface area contributed by atoms with Crippen molar-refractivity contribution < 1.29 is 18.8 Å². The maximum Gasteiger partial charge on any atom is 0.343 e. The summed E-state index contributed by atoms with van der Waals surface area (Å²) >= 11 is 0. The molecular weight excluding hydrogens is 390 g/mol. The number of carbonyl (C=O) groups excluding carboxylic acids is 1. The monoisotopic (exact) mass is 415 g/mol. The second-order valence-corrected chi connectivity index (χ2v) is 8.49. The zero-order chi connectivity index (χ0) is 22.0. The third kappa shape index (κ3) is 4.45. The smallest absolute Gasteiger partial charge is 0.343 e. The summed E-state index contributed by atoms with van der Waals surface area (Å²) in [6.45, 7) is 6.40. The average molecular weight is 415 g/mol. The van der Waals surface area contributed by atoms with Gasteiger partial charge in [-0.25, -0.2) is 4.79 Å². The van der Waals surface area contributed by atoms with E-state index in [0.717, 1.165) is 28.0 Å². The summed E-state index contributed by atoms with van der Waals surface area (Å²) in [5, 5.41) is 5.08. The molecule has 0 saturated carbocycles. The van der Waals surface area contributed by atoms with Gasteiger partial charge in [0, 0.05) is 23.4 Å². The van der Waals surface area contributed by atoms with Gasteiger partial charge in [-0.15, -0.1) is 0 Å². The molecule has 0 aliphatic rings. The summed E-state index contributed by atoms with van der Waals surface area (Å²) in [5.41, 5.74) is 4.08. The van der Waals surface area contributed by atoms with E-state index in [9.17, 15) is 4.79 Å². The highest BCUT2D eigenvalue weighted by atomic mass is 16.5. The number of hydrogen-bond donors (Lipinski definition) is 0. The summed E-state index contributed by atoms with van der Waals surface area (Å²) in [6.07, 6.45) is 0.580. The molecule has 5 heteroatoms. The third-order valence-corrected chi connectivity index (χ3v) is 5.27. The van der Waals surface area contributed by atoms with Crippen molar-refractivity contribution >= 4 is 16.9 Å². The first-order valence-corrected chi connectivity index (χ1v) is 10.2. The lowest BCUT2D eigenvalue weighted by atomic mass is 9.87. The summed E-state index contributed by atoms with van der Waals surface area (Å²) in [4.78, 5) is 12.5. The molecule has 0 fully saturated rings. The van der Waals surface area contributed by atoms with Crippen LogP contribution in [0.4, 0.5) is 0 Å². The van der Waals surface area contributed by atoms with Crippen LogP contribution in [0.1, 0.15) is 48.0 Å². The molecule has 158 valence electrons. The summed E-state index contributed by atoms with van der Waals surface area (Å²) in [7, 11) is 1.65. The van der Waals surface area contributed by atoms with Crippen LogP contribution in [0.25, 0.3) is 11.0 Å². The quantitative estimate of drug-likeness (QED) is 0.298. The minimum absolute atomic E-state index is 0.0290. The van der Waals surface area contributed by atoms with Crippen LogP contribution in [0.15, 0.2) is 71.3 Å². The van der Waals surface area contributed by atoms with E-state index in [2.05, 4.69) is 25.9 Å². The van der Waals surface area contributed by atoms with Crippen molar-refractivity contribution in [2.75, 3.05) is 7.11 Å². The average Bonchev–Trinajstić information content (AvgIpc) is 3.15. The van der Waals surface area contributed by atoms with Crippen molar-refractivity contribution in [1.82, 2.24) is 5.16 Å². The van der Waals surface area contributed by atoms with Gasteiger partial charge in [-0.3, -0.25) is 0 Å². The number of benzene rings is 3. The molecule has 0 amide bonds. The molecule has 0 N–H and O–H groups in total. The van der Waals surface area contributed by atoms with Crippen molar-refractivity contribution in [1.29, 1.82) is 0 Å². The van der Waals surface area contributed by atoms with Crippen molar-refractivity contribution in [3.05, 3.63) is 89.1 Å². The van der Waals surface area contributed by atoms with Crippen LogP contribution < -0.4 is 9.47 Å². The van der Waals surface area contributed by atoms with Gasteiger partial charge >= 0.3 is 5.97 Å². The number of rotatable bonds is 5. The van der Waals surface area contributed by atoms with Crippen molar-refractivity contribution in [2.45, 2.75) is 32.6 Å². The van der Waals surface area contributed by atoms with Gasteiger partial charge in [0.15, 0.2) is 5.58 Å². The SMILES string of the molecule is COc1ccccc1Cc1noc2cc(OC(=O)c3ccc(C(C)(C)C)cc3)ccc12. The fourth-order valence-electron chi connectivity index (χ4n) is 3.46. The lowest BCUT2D eigenvalue weighted by molar-refractivity contribution is 0.0735. The van der Waals surface area contributed by atoms with Crippen molar-refractivity contribution in [3.63, 3.8) is 0 Å². The summed E-state index contributed by atoms with van der Waals surface area (Å²) in [6, 6.07) is 20.6. The van der Waals surface area contributed by atoms with Gasteiger partial charge in [-0.1, -0.05) is 56.3 Å². The predicted octanol–water partition coefficient (Wildman–Crippen LogP) is 5.94. The van der Waals surface area contributed by atoms with Crippen LogP contribution in [-0.4, -0.2) is 18.2 Å². The molecule has 1 aromatic heterocycles. The van der Waals surface area contributed by atoms with Crippen molar-refractivity contribution in [3.8, 4) is 11.5 Å². The van der Waals surface area contributed by atoms with E-state index in [-0.39, 0.29) is 5.41 Å². The molecular formula is C26H25NO4. The number of nitrogens with zero attached hydrogens (tertiary/aromatic N) is 1. The highest BCUT2D eigenvalue weighted by Crippen LogP contribution is 2.28. The Morgan fingerprint density at radius 1 is 1.00 bits per heavy atom. The lowest BCUT2D eigenvalue weighted by Gasteiger charge is -2.18. The van der Waals surface area contributed by atoms with E-state index in [1.165, 1.54) is 0 Å². The molecule has 0 radical (unpaired) electrons. The van der Waals surface area contributed by atoms with Crippen molar-refractivity contribution in [2.24, 2.45) is 0 Å². The van der Waals surface area contributed by atoms with Gasteiger partial charge in [0.1, 0.15) is 11.5 Å². The molecule has 0 bridgehead atoms. The lowest BCUT2D eigenvalue weighted by Crippen LogP contribution is -2.12. The van der Waals surface area contributed by atoms with E-state index in [1.54, 1.807) is 31.4 Å². The fraction of sp³-hybridized carbons (Fsp3) is 0.231. The summed E-state index contributed by atoms with van der Waals surface area (Å²) < 4.78 is 16.5. The molecule has 0 spiro atoms. The number of para-hydroxylation sites is 1. The topological polar surface area (TPSA) is 61.6 Å². The molecule has 0 aliphatic heterocycles. The predicted molar refractivity (Wildman–Crippen MR) is 120 cm³/mol. The fourth-order valence-corrected chi connectivity index (χ4v) is 3.46. The van der Waals surface area contributed by atoms with E-state index in [0.29, 0.717) is 23.3 Å². The standard InChI is InChI=1S/C26H25NO4/c1-26(2,3)19-11-9-17(10-12-19)25(28)30-20-13-14-21-22(27-31-24(21)16-20)15-18-7-5-6-8-23(18)29-4/h5-14,16H,15H2,1-4H3. The van der Waals surface area contributed by atoms with Crippen LogP contribution in [0.5, 0.6) is 11.5 Å². The highest BCUT2D eigenvalue weighted by Gasteiger charge is 2.16. The number of ether oxygens (including phenoxy) is 2. The van der Waals surface area contributed by atoms with Gasteiger partial charge in [-0.05, 0) is 41.3 Å². The first-order valence-electron chi connectivity index (χ1n) is 10.2. The molecule has 4 rings (SSSR count). The largest absolute Gasteiger partial charge is 0.496 e. The van der Waals surface area contributed by atoms with Gasteiger partial charge in [0.05, 0.1) is 18.4 Å². The molecule has 0 aliphatic carbocycles. The Balaban J connectivity index is 1.52. The number of aromatic nitrogens is 1. The maximum atomic E-state index is 12.5. The maximum absolute atomic E-state index is 12.5. The molecule has 31 heavy (non-hydrogen) atoms. The molecule has 1 heterocycles. The minimum atomic E-state index is -0.409. The molecule has 4 aromatic rings. The van der Waals surface area contributed by atoms with Gasteiger partial charge < -0.3 is 14.0 Å². The zero-order valence-corrected chi connectivity index (χ0v) is 18.1. The molecule has 0 saturated heterocycles. The Bertz CT molecular complexity index is 1220. The first-order chi connectivity index (χ1) is 14.8. The van der Waals surface area contributed by atoms with E-state index >= 15 is 0 Å².